The number of fused-ring (bicyclic) bond motifs is 1. The van der Waals surface area contributed by atoms with E-state index in [4.69, 9.17) is 10.8 Å². The summed E-state index contributed by atoms with van der Waals surface area (Å²) < 4.78 is 1.99. The van der Waals surface area contributed by atoms with Gasteiger partial charge in [-0.3, -0.25) is 4.79 Å². The fourth-order valence-electron chi connectivity index (χ4n) is 2.52. The standard InChI is InChI=1S/C12H14N2O2.C4H10N2/c1-14-7-8(6-10(13)12(15)16)9-4-2-3-5-11(9)14;1-2-6-4-3-5-1/h2-5,7,10H,6,13H2,1H3,(H,15,16);5-6H,1-4H2. The van der Waals surface area contributed by atoms with Crippen molar-refractivity contribution in [3.63, 3.8) is 0 Å². The van der Waals surface area contributed by atoms with Crippen molar-refractivity contribution in [1.82, 2.24) is 15.2 Å². The van der Waals surface area contributed by atoms with Gasteiger partial charge < -0.3 is 26.0 Å². The van der Waals surface area contributed by atoms with Gasteiger partial charge in [0.25, 0.3) is 0 Å². The van der Waals surface area contributed by atoms with Gasteiger partial charge in [0.15, 0.2) is 0 Å². The number of piperazine rings is 1. The van der Waals surface area contributed by atoms with Crippen LogP contribution in [0.2, 0.25) is 0 Å². The minimum absolute atomic E-state index is 0.358. The smallest absolute Gasteiger partial charge is 0.320 e. The fourth-order valence-corrected chi connectivity index (χ4v) is 2.52. The molecule has 1 atom stereocenters. The fraction of sp³-hybridized carbons (Fsp3) is 0.438. The Morgan fingerprint density at radius 1 is 1.27 bits per heavy atom. The van der Waals surface area contributed by atoms with Crippen molar-refractivity contribution in [2.45, 2.75) is 12.5 Å². The molecular weight excluding hydrogens is 280 g/mol. The molecule has 2 aromatic rings. The first-order valence-electron chi connectivity index (χ1n) is 7.52. The molecule has 0 spiro atoms. The van der Waals surface area contributed by atoms with Crippen molar-refractivity contribution in [1.29, 1.82) is 0 Å². The quantitative estimate of drug-likeness (QED) is 0.655. The molecule has 5 N–H and O–H groups in total. The monoisotopic (exact) mass is 304 g/mol. The number of aliphatic carboxylic acids is 1. The van der Waals surface area contributed by atoms with Gasteiger partial charge in [-0.05, 0) is 11.6 Å². The Hall–Kier alpha value is -1.89. The van der Waals surface area contributed by atoms with E-state index in [9.17, 15) is 4.79 Å². The molecule has 1 saturated heterocycles. The first kappa shape index (κ1) is 16.5. The molecule has 0 amide bonds. The Balaban J connectivity index is 0.000000246. The molecule has 0 aliphatic carbocycles. The predicted molar refractivity (Wildman–Crippen MR) is 88.0 cm³/mol. The van der Waals surface area contributed by atoms with Crippen molar-refractivity contribution >= 4 is 16.9 Å². The largest absolute Gasteiger partial charge is 0.480 e. The molecule has 1 aliphatic rings. The number of nitrogens with two attached hydrogens (primary N) is 1. The molecule has 22 heavy (non-hydrogen) atoms. The molecule has 0 saturated carbocycles. The highest BCUT2D eigenvalue weighted by Gasteiger charge is 2.15. The van der Waals surface area contributed by atoms with E-state index in [-0.39, 0.29) is 0 Å². The molecule has 6 heteroatoms. The molecule has 6 nitrogen and oxygen atoms in total. The van der Waals surface area contributed by atoms with Crippen LogP contribution in [0.15, 0.2) is 30.5 Å². The first-order chi connectivity index (χ1) is 10.6. The van der Waals surface area contributed by atoms with Crippen LogP contribution in [0.5, 0.6) is 0 Å². The minimum atomic E-state index is -0.965. The van der Waals surface area contributed by atoms with Crippen LogP contribution in [0.3, 0.4) is 0 Å². The summed E-state index contributed by atoms with van der Waals surface area (Å²) in [6.07, 6.45) is 2.30. The zero-order valence-corrected chi connectivity index (χ0v) is 12.9. The third-order valence-corrected chi connectivity index (χ3v) is 3.69. The average molecular weight is 304 g/mol. The zero-order chi connectivity index (χ0) is 15.9. The number of hydrogen-bond donors (Lipinski definition) is 4. The number of carboxylic acids is 1. The predicted octanol–water partition coefficient (Wildman–Crippen LogP) is 0.312. The lowest BCUT2D eigenvalue weighted by atomic mass is 10.1. The van der Waals surface area contributed by atoms with E-state index < -0.39 is 12.0 Å². The highest BCUT2D eigenvalue weighted by Crippen LogP contribution is 2.21. The van der Waals surface area contributed by atoms with Gasteiger partial charge in [0.05, 0.1) is 0 Å². The molecule has 3 rings (SSSR count). The van der Waals surface area contributed by atoms with Crippen LogP contribution in [-0.4, -0.2) is 47.9 Å². The summed E-state index contributed by atoms with van der Waals surface area (Å²) >= 11 is 0. The number of aryl methyl sites for hydroxylation is 1. The van der Waals surface area contributed by atoms with Gasteiger partial charge >= 0.3 is 5.97 Å². The number of benzene rings is 1. The van der Waals surface area contributed by atoms with Crippen LogP contribution < -0.4 is 16.4 Å². The second-order valence-corrected chi connectivity index (χ2v) is 5.43. The number of nitrogens with one attached hydrogen (secondary N) is 2. The molecule has 0 bridgehead atoms. The van der Waals surface area contributed by atoms with E-state index in [2.05, 4.69) is 10.6 Å². The second kappa shape index (κ2) is 7.93. The van der Waals surface area contributed by atoms with Gasteiger partial charge in [-0.25, -0.2) is 0 Å². The van der Waals surface area contributed by atoms with Crippen LogP contribution in [-0.2, 0) is 18.3 Å². The summed E-state index contributed by atoms with van der Waals surface area (Å²) in [5, 5.41) is 16.3. The van der Waals surface area contributed by atoms with E-state index in [0.29, 0.717) is 6.42 Å². The lowest BCUT2D eigenvalue weighted by Gasteiger charge is -2.11. The van der Waals surface area contributed by atoms with Gasteiger partial charge in [-0.2, -0.15) is 0 Å². The van der Waals surface area contributed by atoms with Gasteiger partial charge in [-0.1, -0.05) is 18.2 Å². The van der Waals surface area contributed by atoms with Crippen LogP contribution >= 0.6 is 0 Å². The summed E-state index contributed by atoms with van der Waals surface area (Å²) in [6.45, 7) is 4.56. The lowest BCUT2D eigenvalue weighted by Crippen LogP contribution is -2.39. The van der Waals surface area contributed by atoms with Crippen molar-refractivity contribution in [3.05, 3.63) is 36.0 Å². The highest BCUT2D eigenvalue weighted by molar-refractivity contribution is 5.85. The molecular formula is C16H24N4O2. The molecule has 1 aromatic carbocycles. The molecule has 1 aromatic heterocycles. The van der Waals surface area contributed by atoms with Gasteiger partial charge in [0.2, 0.25) is 0 Å². The molecule has 2 heterocycles. The second-order valence-electron chi connectivity index (χ2n) is 5.43. The number of carboxylic acid groups (broad SMARTS) is 1. The topological polar surface area (TPSA) is 92.3 Å². The van der Waals surface area contributed by atoms with Crippen molar-refractivity contribution < 1.29 is 9.90 Å². The summed E-state index contributed by atoms with van der Waals surface area (Å²) in [5.41, 5.74) is 7.61. The molecule has 1 aliphatic heterocycles. The van der Waals surface area contributed by atoms with Crippen LogP contribution in [0.1, 0.15) is 5.56 Å². The van der Waals surface area contributed by atoms with Crippen LogP contribution in [0.4, 0.5) is 0 Å². The summed E-state index contributed by atoms with van der Waals surface area (Å²) in [6, 6.07) is 7.05. The van der Waals surface area contributed by atoms with Crippen molar-refractivity contribution in [2.75, 3.05) is 26.2 Å². The number of para-hydroxylation sites is 1. The zero-order valence-electron chi connectivity index (χ0n) is 12.9. The van der Waals surface area contributed by atoms with Crippen LogP contribution in [0.25, 0.3) is 10.9 Å². The Bertz CT molecular complexity index is 608. The van der Waals surface area contributed by atoms with Gasteiger partial charge in [-0.15, -0.1) is 0 Å². The average Bonchev–Trinajstić information content (AvgIpc) is 2.86. The molecule has 1 fully saturated rings. The van der Waals surface area contributed by atoms with Gasteiger partial charge in [0, 0.05) is 56.7 Å². The Morgan fingerprint density at radius 2 is 1.86 bits per heavy atom. The highest BCUT2D eigenvalue weighted by atomic mass is 16.4. The maximum atomic E-state index is 10.7. The number of nitrogens with zero attached hydrogens (tertiary/aromatic N) is 1. The van der Waals surface area contributed by atoms with E-state index in [1.807, 2.05) is 42.1 Å². The minimum Gasteiger partial charge on any atom is -0.480 e. The maximum absolute atomic E-state index is 10.7. The van der Waals surface area contributed by atoms with E-state index in [0.717, 1.165) is 42.6 Å². The van der Waals surface area contributed by atoms with E-state index >= 15 is 0 Å². The maximum Gasteiger partial charge on any atom is 0.320 e. The number of aromatic nitrogens is 1. The molecule has 120 valence electrons. The Kier molecular flexibility index (Phi) is 5.94. The van der Waals surface area contributed by atoms with Crippen molar-refractivity contribution in [2.24, 2.45) is 12.8 Å². The Labute approximate surface area is 130 Å². The summed E-state index contributed by atoms with van der Waals surface area (Å²) in [4.78, 5) is 10.7. The van der Waals surface area contributed by atoms with E-state index in [1.54, 1.807) is 0 Å². The number of rotatable bonds is 3. The SMILES string of the molecule is C1CNCCN1.Cn1cc(CC(N)C(=O)O)c2ccccc21. The number of carbonyl (C=O) groups is 1. The van der Waals surface area contributed by atoms with Crippen molar-refractivity contribution in [3.8, 4) is 0 Å². The molecule has 1 unspecified atom stereocenters. The van der Waals surface area contributed by atoms with Crippen LogP contribution in [0, 0.1) is 0 Å². The van der Waals surface area contributed by atoms with E-state index in [1.165, 1.54) is 0 Å². The normalized spacial score (nSPS) is 15.9. The third-order valence-electron chi connectivity index (χ3n) is 3.69. The summed E-state index contributed by atoms with van der Waals surface area (Å²) in [7, 11) is 1.94. The first-order valence-corrected chi connectivity index (χ1v) is 7.52. The third kappa shape index (κ3) is 4.30. The molecule has 0 radical (unpaired) electrons. The number of hydrogen-bond acceptors (Lipinski definition) is 4. The summed E-state index contributed by atoms with van der Waals surface area (Å²) in [5.74, 6) is -0.965. The lowest BCUT2D eigenvalue weighted by molar-refractivity contribution is -0.138. The Morgan fingerprint density at radius 3 is 2.41 bits per heavy atom. The van der Waals surface area contributed by atoms with Gasteiger partial charge in [0.1, 0.15) is 6.04 Å².